The molecule has 32 heavy (non-hydrogen) atoms. The van der Waals surface area contributed by atoms with Crippen LogP contribution in [-0.2, 0) is 24.2 Å². The second-order valence-corrected chi connectivity index (χ2v) is 10.4. The van der Waals surface area contributed by atoms with Crippen molar-refractivity contribution in [2.24, 2.45) is 0 Å². The summed E-state index contributed by atoms with van der Waals surface area (Å²) >= 11 is 8.88. The van der Waals surface area contributed by atoms with Crippen molar-refractivity contribution < 1.29 is 9.72 Å². The average molecular weight is 493 g/mol. The standard InChI is InChI=1S/C21H21ClN4O4S2/c1-3-9-25-20(28)17-13-5-4-6-16(13)32-19(17)24-21(25)31-11(2)18(27)23-15-8-7-12(26(29)30)10-14(15)22/h7-8,10-11H,3-6,9H2,1-2H3,(H,23,27). The molecule has 1 aromatic carbocycles. The first-order chi connectivity index (χ1) is 15.3. The fraction of sp³-hybridized carbons (Fsp3) is 0.381. The van der Waals surface area contributed by atoms with Gasteiger partial charge in [0.25, 0.3) is 11.2 Å². The molecule has 2 heterocycles. The van der Waals surface area contributed by atoms with Gasteiger partial charge in [-0.2, -0.15) is 0 Å². The number of nitrogens with one attached hydrogen (secondary N) is 1. The normalized spacial score (nSPS) is 13.8. The van der Waals surface area contributed by atoms with E-state index in [-0.39, 0.29) is 22.2 Å². The van der Waals surface area contributed by atoms with Crippen LogP contribution in [0.3, 0.4) is 0 Å². The van der Waals surface area contributed by atoms with E-state index in [9.17, 15) is 19.7 Å². The molecule has 0 aliphatic heterocycles. The molecule has 0 saturated carbocycles. The van der Waals surface area contributed by atoms with Gasteiger partial charge in [0.15, 0.2) is 5.16 Å². The Hall–Kier alpha value is -2.43. The number of rotatable bonds is 7. The van der Waals surface area contributed by atoms with Gasteiger partial charge in [-0.3, -0.25) is 24.3 Å². The van der Waals surface area contributed by atoms with Gasteiger partial charge in [0, 0.05) is 23.6 Å². The Bertz CT molecular complexity index is 1290. The Kier molecular flexibility index (Phi) is 6.55. The van der Waals surface area contributed by atoms with Gasteiger partial charge in [-0.25, -0.2) is 4.98 Å². The molecule has 1 aliphatic rings. The number of fused-ring (bicyclic) bond motifs is 3. The lowest BCUT2D eigenvalue weighted by Crippen LogP contribution is -2.27. The van der Waals surface area contributed by atoms with Gasteiger partial charge >= 0.3 is 0 Å². The first kappa shape index (κ1) is 22.8. The van der Waals surface area contributed by atoms with Gasteiger partial charge in [0.2, 0.25) is 5.91 Å². The van der Waals surface area contributed by atoms with Gasteiger partial charge in [0.1, 0.15) is 4.83 Å². The molecule has 2 aromatic heterocycles. The van der Waals surface area contributed by atoms with E-state index in [0.717, 1.165) is 41.5 Å². The third kappa shape index (κ3) is 4.26. The zero-order valence-electron chi connectivity index (χ0n) is 17.5. The lowest BCUT2D eigenvalue weighted by molar-refractivity contribution is -0.384. The summed E-state index contributed by atoms with van der Waals surface area (Å²) in [4.78, 5) is 43.1. The number of amides is 1. The number of carbonyl (C=O) groups is 1. The number of carbonyl (C=O) groups excluding carboxylic acids is 1. The Morgan fingerprint density at radius 2 is 2.22 bits per heavy atom. The SMILES string of the molecule is CCCn1c(SC(C)C(=O)Nc2ccc([N+](=O)[O-])cc2Cl)nc2sc3c(c2c1=O)CCC3. The second-order valence-electron chi connectivity index (χ2n) is 7.56. The number of anilines is 1. The summed E-state index contributed by atoms with van der Waals surface area (Å²) in [7, 11) is 0. The van der Waals surface area contributed by atoms with Crippen LogP contribution in [-0.4, -0.2) is 25.6 Å². The number of hydrogen-bond donors (Lipinski definition) is 1. The summed E-state index contributed by atoms with van der Waals surface area (Å²) in [6.45, 7) is 4.24. The number of nitro benzene ring substituents is 1. The van der Waals surface area contributed by atoms with Crippen LogP contribution in [0.25, 0.3) is 10.2 Å². The summed E-state index contributed by atoms with van der Waals surface area (Å²) in [6.07, 6.45) is 3.75. The molecule has 0 fully saturated rings. The Labute approximate surface area is 197 Å². The third-order valence-electron chi connectivity index (χ3n) is 5.31. The number of hydrogen-bond acceptors (Lipinski definition) is 7. The summed E-state index contributed by atoms with van der Waals surface area (Å²) in [5.41, 5.74) is 1.24. The van der Waals surface area contributed by atoms with E-state index >= 15 is 0 Å². The molecule has 0 bridgehead atoms. The zero-order chi connectivity index (χ0) is 23.0. The molecular weight excluding hydrogens is 472 g/mol. The number of thiophene rings is 1. The molecule has 0 saturated heterocycles. The maximum atomic E-state index is 13.3. The average Bonchev–Trinajstić information content (AvgIpc) is 3.32. The molecule has 0 radical (unpaired) electrons. The molecule has 1 amide bonds. The molecule has 1 aliphatic carbocycles. The van der Waals surface area contributed by atoms with Gasteiger partial charge in [-0.1, -0.05) is 30.3 Å². The van der Waals surface area contributed by atoms with Gasteiger partial charge in [0.05, 0.1) is 26.3 Å². The highest BCUT2D eigenvalue weighted by Crippen LogP contribution is 2.36. The van der Waals surface area contributed by atoms with Crippen molar-refractivity contribution in [3.8, 4) is 0 Å². The maximum absolute atomic E-state index is 13.3. The van der Waals surface area contributed by atoms with Crippen molar-refractivity contribution in [1.82, 2.24) is 9.55 Å². The summed E-state index contributed by atoms with van der Waals surface area (Å²) in [5.74, 6) is -0.336. The summed E-state index contributed by atoms with van der Waals surface area (Å²) < 4.78 is 1.67. The van der Waals surface area contributed by atoms with Crippen molar-refractivity contribution in [3.63, 3.8) is 0 Å². The minimum absolute atomic E-state index is 0.0372. The predicted molar refractivity (Wildman–Crippen MR) is 128 cm³/mol. The molecule has 1 unspecified atom stereocenters. The predicted octanol–water partition coefficient (Wildman–Crippen LogP) is 5.04. The molecular formula is C21H21ClN4O4S2. The van der Waals surface area contributed by atoms with Gasteiger partial charge in [-0.05, 0) is 44.2 Å². The van der Waals surface area contributed by atoms with Crippen molar-refractivity contribution in [2.75, 3.05) is 5.32 Å². The smallest absolute Gasteiger partial charge is 0.271 e. The van der Waals surface area contributed by atoms with Crippen LogP contribution in [0.5, 0.6) is 0 Å². The van der Waals surface area contributed by atoms with Crippen LogP contribution in [0.15, 0.2) is 28.2 Å². The number of thioether (sulfide) groups is 1. The number of benzene rings is 1. The number of aryl methyl sites for hydroxylation is 2. The van der Waals surface area contributed by atoms with Crippen LogP contribution < -0.4 is 10.9 Å². The summed E-state index contributed by atoms with van der Waals surface area (Å²) in [6, 6.07) is 3.88. The van der Waals surface area contributed by atoms with E-state index in [1.54, 1.807) is 22.8 Å². The highest BCUT2D eigenvalue weighted by Gasteiger charge is 2.25. The topological polar surface area (TPSA) is 107 Å². The highest BCUT2D eigenvalue weighted by atomic mass is 35.5. The van der Waals surface area contributed by atoms with E-state index in [1.165, 1.54) is 34.8 Å². The minimum atomic E-state index is -0.569. The summed E-state index contributed by atoms with van der Waals surface area (Å²) in [5, 5.41) is 14.3. The second kappa shape index (κ2) is 9.21. The quantitative estimate of drug-likeness (QED) is 0.214. The van der Waals surface area contributed by atoms with E-state index in [0.29, 0.717) is 17.4 Å². The molecule has 8 nitrogen and oxygen atoms in total. The van der Waals surface area contributed by atoms with Crippen LogP contribution in [0.2, 0.25) is 5.02 Å². The van der Waals surface area contributed by atoms with Crippen molar-refractivity contribution >= 4 is 62.2 Å². The lowest BCUT2D eigenvalue weighted by atomic mass is 10.2. The van der Waals surface area contributed by atoms with Gasteiger partial charge in [-0.15, -0.1) is 11.3 Å². The maximum Gasteiger partial charge on any atom is 0.271 e. The number of nitro groups is 1. The third-order valence-corrected chi connectivity index (χ3v) is 7.90. The molecule has 11 heteroatoms. The van der Waals surface area contributed by atoms with E-state index in [2.05, 4.69) is 5.32 Å². The van der Waals surface area contributed by atoms with Crippen LogP contribution >= 0.6 is 34.7 Å². The van der Waals surface area contributed by atoms with Crippen molar-refractivity contribution in [1.29, 1.82) is 0 Å². The van der Waals surface area contributed by atoms with Gasteiger partial charge < -0.3 is 5.32 Å². The molecule has 0 spiro atoms. The number of aromatic nitrogens is 2. The number of nitrogens with zero attached hydrogens (tertiary/aromatic N) is 3. The fourth-order valence-electron chi connectivity index (χ4n) is 3.73. The minimum Gasteiger partial charge on any atom is -0.324 e. The van der Waals surface area contributed by atoms with E-state index in [4.69, 9.17) is 16.6 Å². The monoisotopic (exact) mass is 492 g/mol. The lowest BCUT2D eigenvalue weighted by Gasteiger charge is -2.16. The number of non-ortho nitro benzene ring substituents is 1. The Morgan fingerprint density at radius 3 is 2.91 bits per heavy atom. The van der Waals surface area contributed by atoms with Crippen LogP contribution in [0.4, 0.5) is 11.4 Å². The zero-order valence-corrected chi connectivity index (χ0v) is 19.9. The van der Waals surface area contributed by atoms with Crippen molar-refractivity contribution in [2.45, 2.75) is 56.5 Å². The van der Waals surface area contributed by atoms with E-state index in [1.807, 2.05) is 6.92 Å². The highest BCUT2D eigenvalue weighted by molar-refractivity contribution is 8.00. The molecule has 1 atom stereocenters. The molecule has 168 valence electrons. The van der Waals surface area contributed by atoms with Crippen molar-refractivity contribution in [3.05, 3.63) is 54.1 Å². The molecule has 4 rings (SSSR count). The fourth-order valence-corrected chi connectivity index (χ4v) is 6.19. The van der Waals surface area contributed by atoms with E-state index < -0.39 is 10.2 Å². The Morgan fingerprint density at radius 1 is 1.44 bits per heavy atom. The largest absolute Gasteiger partial charge is 0.324 e. The molecule has 3 aromatic rings. The molecule has 1 N–H and O–H groups in total. The number of halogens is 1. The first-order valence-electron chi connectivity index (χ1n) is 10.3. The Balaban J connectivity index is 1.60. The van der Waals surface area contributed by atoms with Crippen LogP contribution in [0.1, 0.15) is 37.1 Å². The first-order valence-corrected chi connectivity index (χ1v) is 12.3. The van der Waals surface area contributed by atoms with Crippen LogP contribution in [0, 0.1) is 10.1 Å².